The molecule has 0 spiro atoms. The van der Waals surface area contributed by atoms with Crippen LogP contribution in [0.5, 0.6) is 0 Å². The van der Waals surface area contributed by atoms with Gasteiger partial charge in [0.25, 0.3) is 11.6 Å². The maximum Gasteiger partial charge on any atom is 0.292 e. The molecule has 1 aliphatic heterocycles. The molecule has 3 aromatic rings. The Bertz CT molecular complexity index is 1190. The van der Waals surface area contributed by atoms with Crippen molar-refractivity contribution in [1.82, 2.24) is 15.2 Å². The molecular weight excluding hydrogens is 434 g/mol. The Labute approximate surface area is 197 Å². The summed E-state index contributed by atoms with van der Waals surface area (Å²) in [4.78, 5) is 31.2. The summed E-state index contributed by atoms with van der Waals surface area (Å²) in [6, 6.07) is 16.0. The minimum absolute atomic E-state index is 0.0688. The van der Waals surface area contributed by atoms with Crippen LogP contribution >= 0.6 is 0 Å². The third kappa shape index (κ3) is 5.22. The molecule has 34 heavy (non-hydrogen) atoms. The number of nitro groups is 1. The maximum atomic E-state index is 13.3. The van der Waals surface area contributed by atoms with Crippen molar-refractivity contribution in [3.63, 3.8) is 0 Å². The van der Waals surface area contributed by atoms with Crippen LogP contribution in [0.1, 0.15) is 16.1 Å². The number of rotatable bonds is 7. The summed E-state index contributed by atoms with van der Waals surface area (Å²) in [6.07, 6.45) is 0. The molecule has 1 aliphatic rings. The molecule has 1 aromatic heterocycles. The number of hydrogen-bond donors (Lipinski definition) is 2. The topological polar surface area (TPSA) is 124 Å². The molecule has 0 atom stereocenters. The van der Waals surface area contributed by atoms with E-state index >= 15 is 0 Å². The fourth-order valence-electron chi connectivity index (χ4n) is 4.05. The lowest BCUT2D eigenvalue weighted by atomic mass is 9.95. The van der Waals surface area contributed by atoms with Crippen molar-refractivity contribution in [3.05, 3.63) is 76.0 Å². The summed E-state index contributed by atoms with van der Waals surface area (Å²) >= 11 is 0. The second-order valence-electron chi connectivity index (χ2n) is 8.12. The van der Waals surface area contributed by atoms with Gasteiger partial charge in [-0.1, -0.05) is 36.4 Å². The van der Waals surface area contributed by atoms with E-state index in [1.165, 1.54) is 12.1 Å². The number of nitrogens with zero attached hydrogens (tertiary/aromatic N) is 3. The monoisotopic (exact) mass is 461 g/mol. The van der Waals surface area contributed by atoms with E-state index < -0.39 is 4.92 Å². The number of carbonyl (C=O) groups is 1. The number of amides is 1. The summed E-state index contributed by atoms with van der Waals surface area (Å²) in [5.41, 5.74) is 9.27. The first kappa shape index (κ1) is 23.3. The molecule has 0 aliphatic carbocycles. The number of nitrogens with one attached hydrogen (secondary N) is 1. The highest BCUT2D eigenvalue weighted by atomic mass is 16.6. The van der Waals surface area contributed by atoms with Gasteiger partial charge >= 0.3 is 0 Å². The number of pyridine rings is 1. The molecule has 3 N–H and O–H groups in total. The fraction of sp³-hybridized carbons (Fsp3) is 0.280. The largest absolute Gasteiger partial charge is 0.393 e. The zero-order valence-corrected chi connectivity index (χ0v) is 19.0. The highest BCUT2D eigenvalue weighted by Gasteiger charge is 2.22. The van der Waals surface area contributed by atoms with E-state index in [2.05, 4.69) is 15.2 Å². The van der Waals surface area contributed by atoms with Crippen molar-refractivity contribution in [3.8, 4) is 22.4 Å². The molecule has 9 heteroatoms. The quantitative estimate of drug-likeness (QED) is 0.314. The van der Waals surface area contributed by atoms with E-state index in [9.17, 15) is 14.9 Å². The van der Waals surface area contributed by atoms with Gasteiger partial charge in [0.15, 0.2) is 0 Å². The van der Waals surface area contributed by atoms with E-state index in [4.69, 9.17) is 10.5 Å². The van der Waals surface area contributed by atoms with Crippen molar-refractivity contribution < 1.29 is 14.5 Å². The Hall–Kier alpha value is -3.82. The zero-order valence-electron chi connectivity index (χ0n) is 19.0. The number of ether oxygens (including phenoxy) is 1. The molecule has 4 rings (SSSR count). The van der Waals surface area contributed by atoms with Crippen LogP contribution in [0.3, 0.4) is 0 Å². The first-order chi connectivity index (χ1) is 16.4. The molecule has 1 fully saturated rings. The van der Waals surface area contributed by atoms with Crippen LogP contribution in [0, 0.1) is 17.0 Å². The summed E-state index contributed by atoms with van der Waals surface area (Å²) < 4.78 is 5.37. The molecule has 1 amide bonds. The molecule has 0 radical (unpaired) electrons. The Morgan fingerprint density at radius 2 is 1.88 bits per heavy atom. The number of carbonyl (C=O) groups excluding carboxylic acids is 1. The van der Waals surface area contributed by atoms with Gasteiger partial charge in [-0.15, -0.1) is 0 Å². The molecule has 0 unspecified atom stereocenters. The highest BCUT2D eigenvalue weighted by molar-refractivity contribution is 6.02. The van der Waals surface area contributed by atoms with E-state index in [1.807, 2.05) is 30.3 Å². The number of nitrogen functional groups attached to an aromatic ring is 1. The Morgan fingerprint density at radius 3 is 2.59 bits per heavy atom. The van der Waals surface area contributed by atoms with Crippen molar-refractivity contribution in [2.45, 2.75) is 6.92 Å². The second kappa shape index (κ2) is 10.4. The average molecular weight is 462 g/mol. The van der Waals surface area contributed by atoms with Crippen LogP contribution in [-0.2, 0) is 4.74 Å². The molecule has 0 saturated carbocycles. The maximum absolute atomic E-state index is 13.3. The first-order valence-corrected chi connectivity index (χ1v) is 11.1. The Balaban J connectivity index is 1.71. The Kier molecular flexibility index (Phi) is 7.15. The molecule has 1 saturated heterocycles. The van der Waals surface area contributed by atoms with Crippen molar-refractivity contribution in [1.29, 1.82) is 0 Å². The fourth-order valence-corrected chi connectivity index (χ4v) is 4.05. The van der Waals surface area contributed by atoms with E-state index in [0.29, 0.717) is 54.4 Å². The number of aromatic nitrogens is 1. The van der Waals surface area contributed by atoms with E-state index in [-0.39, 0.29) is 17.3 Å². The molecule has 2 heterocycles. The molecular formula is C25H27N5O4. The lowest BCUT2D eigenvalue weighted by Crippen LogP contribution is -2.41. The standard InChI is InChI=1S/C25H27N5O4/c1-17-24(25(31)27-9-10-29-11-13-34-14-12-29)20(16-22(28-17)18-5-3-2-4-6-18)19-7-8-21(26)23(15-19)30(32)33/h2-8,15-16H,9-14,26H2,1H3,(H,27,31). The minimum Gasteiger partial charge on any atom is -0.393 e. The second-order valence-corrected chi connectivity index (χ2v) is 8.12. The first-order valence-electron chi connectivity index (χ1n) is 11.1. The number of anilines is 1. The van der Waals surface area contributed by atoms with Crippen LogP contribution in [0.25, 0.3) is 22.4 Å². The van der Waals surface area contributed by atoms with E-state index in [1.54, 1.807) is 19.1 Å². The van der Waals surface area contributed by atoms with E-state index in [0.717, 1.165) is 18.7 Å². The van der Waals surface area contributed by atoms with Crippen molar-refractivity contribution in [2.24, 2.45) is 0 Å². The van der Waals surface area contributed by atoms with Crippen LogP contribution < -0.4 is 11.1 Å². The van der Waals surface area contributed by atoms with Crippen LogP contribution in [0.15, 0.2) is 54.6 Å². The third-order valence-electron chi connectivity index (χ3n) is 5.85. The highest BCUT2D eigenvalue weighted by Crippen LogP contribution is 2.34. The summed E-state index contributed by atoms with van der Waals surface area (Å²) in [5, 5.41) is 14.5. The lowest BCUT2D eigenvalue weighted by molar-refractivity contribution is -0.383. The number of benzene rings is 2. The third-order valence-corrected chi connectivity index (χ3v) is 5.85. The number of nitrogens with two attached hydrogens (primary N) is 1. The van der Waals surface area contributed by atoms with Gasteiger partial charge in [-0.25, -0.2) is 0 Å². The normalized spacial score (nSPS) is 14.0. The molecule has 0 bridgehead atoms. The molecule has 2 aromatic carbocycles. The molecule has 9 nitrogen and oxygen atoms in total. The smallest absolute Gasteiger partial charge is 0.292 e. The number of nitro benzene ring substituents is 1. The van der Waals surface area contributed by atoms with Gasteiger partial charge < -0.3 is 15.8 Å². The lowest BCUT2D eigenvalue weighted by Gasteiger charge is -2.26. The average Bonchev–Trinajstić information content (AvgIpc) is 2.84. The van der Waals surface area contributed by atoms with Crippen LogP contribution in [-0.4, -0.2) is 60.1 Å². The molecule has 176 valence electrons. The predicted molar refractivity (Wildman–Crippen MR) is 131 cm³/mol. The van der Waals surface area contributed by atoms with Gasteiger partial charge in [0, 0.05) is 37.8 Å². The van der Waals surface area contributed by atoms with Gasteiger partial charge in [0.1, 0.15) is 5.69 Å². The van der Waals surface area contributed by atoms with Gasteiger partial charge in [-0.05, 0) is 30.2 Å². The van der Waals surface area contributed by atoms with Crippen LogP contribution in [0.2, 0.25) is 0 Å². The summed E-state index contributed by atoms with van der Waals surface area (Å²) in [7, 11) is 0. The number of morpholine rings is 1. The number of hydrogen-bond acceptors (Lipinski definition) is 7. The van der Waals surface area contributed by atoms with Gasteiger partial charge in [-0.3, -0.25) is 24.8 Å². The minimum atomic E-state index is -0.521. The SMILES string of the molecule is Cc1nc(-c2ccccc2)cc(-c2ccc(N)c([N+](=O)[O-])c2)c1C(=O)NCCN1CCOCC1. The summed E-state index contributed by atoms with van der Waals surface area (Å²) in [5.74, 6) is -0.271. The zero-order chi connectivity index (χ0) is 24.1. The van der Waals surface area contributed by atoms with Crippen molar-refractivity contribution in [2.75, 3.05) is 45.1 Å². The van der Waals surface area contributed by atoms with Gasteiger partial charge in [0.2, 0.25) is 0 Å². The Morgan fingerprint density at radius 1 is 1.15 bits per heavy atom. The van der Waals surface area contributed by atoms with Gasteiger partial charge in [0.05, 0.1) is 35.1 Å². The van der Waals surface area contributed by atoms with Crippen LogP contribution in [0.4, 0.5) is 11.4 Å². The van der Waals surface area contributed by atoms with Gasteiger partial charge in [-0.2, -0.15) is 0 Å². The predicted octanol–water partition coefficient (Wildman–Crippen LogP) is 3.28. The van der Waals surface area contributed by atoms with Crippen molar-refractivity contribution >= 4 is 17.3 Å². The summed E-state index contributed by atoms with van der Waals surface area (Å²) in [6.45, 7) is 6.02. The number of aryl methyl sites for hydroxylation is 1.